The van der Waals surface area contributed by atoms with Crippen LogP contribution in [0, 0.1) is 17.2 Å². The molecule has 0 radical (unpaired) electrons. The molecule has 0 spiro atoms. The lowest BCUT2D eigenvalue weighted by atomic mass is 9.96. The molecule has 86 valence electrons. The van der Waals surface area contributed by atoms with Crippen molar-refractivity contribution in [1.82, 2.24) is 4.98 Å². The van der Waals surface area contributed by atoms with E-state index in [0.29, 0.717) is 18.0 Å². The van der Waals surface area contributed by atoms with Crippen LogP contribution in [0.2, 0.25) is 0 Å². The molecule has 0 aliphatic rings. The Morgan fingerprint density at radius 1 is 1.56 bits per heavy atom. The molecule has 0 fully saturated rings. The predicted octanol–water partition coefficient (Wildman–Crippen LogP) is 2.06. The summed E-state index contributed by atoms with van der Waals surface area (Å²) >= 11 is 0. The number of nitrogens with zero attached hydrogens (tertiary/aromatic N) is 2. The standard InChI is InChI=1S/C12H16N2O2/c1-3-5-9(8-13)12(15)10-6-4-7-11(14-10)16-2/h4,6-7,9,12,15H,3,5H2,1-2H3. The van der Waals surface area contributed by atoms with E-state index in [1.54, 1.807) is 18.2 Å². The molecule has 0 saturated carbocycles. The van der Waals surface area contributed by atoms with Crippen molar-refractivity contribution in [1.29, 1.82) is 5.26 Å². The highest BCUT2D eigenvalue weighted by Crippen LogP contribution is 2.24. The van der Waals surface area contributed by atoms with Gasteiger partial charge in [0, 0.05) is 6.07 Å². The molecule has 0 aromatic carbocycles. The average Bonchev–Trinajstić information content (AvgIpc) is 2.35. The summed E-state index contributed by atoms with van der Waals surface area (Å²) in [7, 11) is 1.52. The summed E-state index contributed by atoms with van der Waals surface area (Å²) < 4.78 is 4.97. The van der Waals surface area contributed by atoms with Gasteiger partial charge in [0.25, 0.3) is 0 Å². The summed E-state index contributed by atoms with van der Waals surface area (Å²) in [5, 5.41) is 18.9. The van der Waals surface area contributed by atoms with E-state index in [2.05, 4.69) is 11.1 Å². The molecule has 4 heteroatoms. The number of nitriles is 1. The number of pyridine rings is 1. The van der Waals surface area contributed by atoms with E-state index in [4.69, 9.17) is 10.00 Å². The van der Waals surface area contributed by atoms with Gasteiger partial charge in [-0.15, -0.1) is 0 Å². The molecule has 1 aromatic heterocycles. The molecule has 0 bridgehead atoms. The maximum absolute atomic E-state index is 9.99. The molecule has 1 heterocycles. The van der Waals surface area contributed by atoms with E-state index in [1.807, 2.05) is 6.92 Å². The van der Waals surface area contributed by atoms with Gasteiger partial charge in [-0.3, -0.25) is 0 Å². The first kappa shape index (κ1) is 12.5. The number of hydrogen-bond acceptors (Lipinski definition) is 4. The van der Waals surface area contributed by atoms with Gasteiger partial charge in [0.2, 0.25) is 5.88 Å². The predicted molar refractivity (Wildman–Crippen MR) is 59.8 cm³/mol. The first-order valence-corrected chi connectivity index (χ1v) is 5.31. The molecular weight excluding hydrogens is 204 g/mol. The van der Waals surface area contributed by atoms with Crippen LogP contribution in [0.15, 0.2) is 18.2 Å². The maximum atomic E-state index is 9.99. The van der Waals surface area contributed by atoms with Crippen LogP contribution in [-0.4, -0.2) is 17.2 Å². The third kappa shape index (κ3) is 2.94. The van der Waals surface area contributed by atoms with Crippen LogP contribution in [0.25, 0.3) is 0 Å². The van der Waals surface area contributed by atoms with Crippen LogP contribution in [0.1, 0.15) is 31.6 Å². The topological polar surface area (TPSA) is 66.1 Å². The Labute approximate surface area is 95.5 Å². The number of aromatic nitrogens is 1. The number of methoxy groups -OCH3 is 1. The fourth-order valence-corrected chi connectivity index (χ4v) is 1.52. The van der Waals surface area contributed by atoms with Crippen LogP contribution >= 0.6 is 0 Å². The fourth-order valence-electron chi connectivity index (χ4n) is 1.52. The quantitative estimate of drug-likeness (QED) is 0.824. The SMILES string of the molecule is CCCC(C#N)C(O)c1cccc(OC)n1. The van der Waals surface area contributed by atoms with Gasteiger partial charge in [0.05, 0.1) is 24.8 Å². The number of aliphatic hydroxyl groups is 1. The van der Waals surface area contributed by atoms with E-state index in [1.165, 1.54) is 7.11 Å². The van der Waals surface area contributed by atoms with Crippen LogP contribution in [0.5, 0.6) is 5.88 Å². The summed E-state index contributed by atoms with van der Waals surface area (Å²) in [6.07, 6.45) is 0.676. The normalized spacial score (nSPS) is 13.9. The monoisotopic (exact) mass is 220 g/mol. The van der Waals surface area contributed by atoms with Crippen molar-refractivity contribution >= 4 is 0 Å². The van der Waals surface area contributed by atoms with E-state index >= 15 is 0 Å². The van der Waals surface area contributed by atoms with Crippen LogP contribution in [-0.2, 0) is 0 Å². The van der Waals surface area contributed by atoms with Crippen LogP contribution in [0.3, 0.4) is 0 Å². The summed E-state index contributed by atoms with van der Waals surface area (Å²) in [6.45, 7) is 1.98. The fraction of sp³-hybridized carbons (Fsp3) is 0.500. The van der Waals surface area contributed by atoms with Gasteiger partial charge in [0.15, 0.2) is 0 Å². The molecule has 0 aliphatic heterocycles. The third-order valence-electron chi connectivity index (χ3n) is 2.40. The van der Waals surface area contributed by atoms with Crippen molar-refractivity contribution in [2.75, 3.05) is 7.11 Å². The van der Waals surface area contributed by atoms with E-state index < -0.39 is 12.0 Å². The lowest BCUT2D eigenvalue weighted by Crippen LogP contribution is -2.12. The van der Waals surface area contributed by atoms with Gasteiger partial charge >= 0.3 is 0 Å². The molecule has 4 nitrogen and oxygen atoms in total. The average molecular weight is 220 g/mol. The highest BCUT2D eigenvalue weighted by molar-refractivity contribution is 5.18. The van der Waals surface area contributed by atoms with Crippen molar-refractivity contribution in [3.8, 4) is 11.9 Å². The minimum atomic E-state index is -0.847. The van der Waals surface area contributed by atoms with Gasteiger partial charge < -0.3 is 9.84 Å². The minimum absolute atomic E-state index is 0.412. The summed E-state index contributed by atoms with van der Waals surface area (Å²) in [4.78, 5) is 4.12. The van der Waals surface area contributed by atoms with E-state index in [-0.39, 0.29) is 0 Å². The first-order valence-electron chi connectivity index (χ1n) is 5.31. The molecule has 0 aliphatic carbocycles. The highest BCUT2D eigenvalue weighted by atomic mass is 16.5. The summed E-state index contributed by atoms with van der Waals surface area (Å²) in [6, 6.07) is 7.27. The molecule has 0 amide bonds. The molecule has 1 rings (SSSR count). The maximum Gasteiger partial charge on any atom is 0.213 e. The Kier molecular flexibility index (Phi) is 4.74. The summed E-state index contributed by atoms with van der Waals surface area (Å²) in [5.41, 5.74) is 0.486. The molecule has 1 N–H and O–H groups in total. The largest absolute Gasteiger partial charge is 0.481 e. The Bertz CT molecular complexity index is 374. The lowest BCUT2D eigenvalue weighted by Gasteiger charge is -2.15. The van der Waals surface area contributed by atoms with Crippen molar-refractivity contribution in [2.45, 2.75) is 25.9 Å². The second-order valence-electron chi connectivity index (χ2n) is 3.57. The third-order valence-corrected chi connectivity index (χ3v) is 2.40. The van der Waals surface area contributed by atoms with Crippen molar-refractivity contribution < 1.29 is 9.84 Å². The van der Waals surface area contributed by atoms with Crippen molar-refractivity contribution in [2.24, 2.45) is 5.92 Å². The van der Waals surface area contributed by atoms with Gasteiger partial charge in [-0.25, -0.2) is 4.98 Å². The van der Waals surface area contributed by atoms with Crippen molar-refractivity contribution in [3.63, 3.8) is 0 Å². The van der Waals surface area contributed by atoms with Gasteiger partial charge in [-0.2, -0.15) is 5.26 Å². The Morgan fingerprint density at radius 3 is 2.88 bits per heavy atom. The lowest BCUT2D eigenvalue weighted by molar-refractivity contribution is 0.124. The zero-order valence-electron chi connectivity index (χ0n) is 9.55. The smallest absolute Gasteiger partial charge is 0.213 e. The van der Waals surface area contributed by atoms with Crippen molar-refractivity contribution in [3.05, 3.63) is 23.9 Å². The Hall–Kier alpha value is -1.60. The summed E-state index contributed by atoms with van der Waals surface area (Å²) in [5.74, 6) is 0.0364. The minimum Gasteiger partial charge on any atom is -0.481 e. The highest BCUT2D eigenvalue weighted by Gasteiger charge is 2.21. The molecule has 1 aromatic rings. The Morgan fingerprint density at radius 2 is 2.31 bits per heavy atom. The number of ether oxygens (including phenoxy) is 1. The van der Waals surface area contributed by atoms with Gasteiger partial charge in [0.1, 0.15) is 6.10 Å². The van der Waals surface area contributed by atoms with Gasteiger partial charge in [-0.05, 0) is 12.5 Å². The number of hydrogen-bond donors (Lipinski definition) is 1. The van der Waals surface area contributed by atoms with E-state index in [0.717, 1.165) is 6.42 Å². The first-order chi connectivity index (χ1) is 7.72. The molecular formula is C12H16N2O2. The number of rotatable bonds is 5. The molecule has 2 atom stereocenters. The molecule has 0 saturated heterocycles. The molecule has 2 unspecified atom stereocenters. The van der Waals surface area contributed by atoms with Crippen LogP contribution in [0.4, 0.5) is 0 Å². The molecule has 16 heavy (non-hydrogen) atoms. The van der Waals surface area contributed by atoms with E-state index in [9.17, 15) is 5.11 Å². The van der Waals surface area contributed by atoms with Gasteiger partial charge in [-0.1, -0.05) is 19.4 Å². The zero-order valence-corrected chi connectivity index (χ0v) is 9.55. The Balaban J connectivity index is 2.86. The zero-order chi connectivity index (χ0) is 12.0. The second kappa shape index (κ2) is 6.09. The second-order valence-corrected chi connectivity index (χ2v) is 3.57. The van der Waals surface area contributed by atoms with Crippen LogP contribution < -0.4 is 4.74 Å². The number of aliphatic hydroxyl groups excluding tert-OH is 1.